The molecule has 124 valence electrons. The molecule has 0 atom stereocenters. The summed E-state index contributed by atoms with van der Waals surface area (Å²) in [6, 6.07) is 16.8. The van der Waals surface area contributed by atoms with Crippen LogP contribution in [0.25, 0.3) is 34.2 Å². The lowest BCUT2D eigenvalue weighted by Gasteiger charge is -2.00. The number of halogens is 1. The first-order chi connectivity index (χ1) is 12.2. The third kappa shape index (κ3) is 3.12. The molecule has 0 saturated carbocycles. The fraction of sp³-hybridized carbons (Fsp3) is 0.0556. The van der Waals surface area contributed by atoms with Gasteiger partial charge in [0.05, 0.1) is 12.8 Å². The molecule has 0 fully saturated rings. The van der Waals surface area contributed by atoms with Gasteiger partial charge < -0.3 is 9.26 Å². The van der Waals surface area contributed by atoms with E-state index in [2.05, 4.69) is 20.3 Å². The van der Waals surface area contributed by atoms with Gasteiger partial charge in [-0.2, -0.15) is 10.1 Å². The highest BCUT2D eigenvalue weighted by atomic mass is 35.5. The number of methoxy groups -OCH3 is 1. The minimum Gasteiger partial charge on any atom is -0.497 e. The highest BCUT2D eigenvalue weighted by Gasteiger charge is 2.14. The Kier molecular flexibility index (Phi) is 3.95. The summed E-state index contributed by atoms with van der Waals surface area (Å²) in [7, 11) is 1.63. The minimum absolute atomic E-state index is 0.367. The van der Waals surface area contributed by atoms with Gasteiger partial charge in [-0.1, -0.05) is 28.9 Å². The van der Waals surface area contributed by atoms with Crippen LogP contribution in [0, 0.1) is 0 Å². The third-order valence-electron chi connectivity index (χ3n) is 3.70. The van der Waals surface area contributed by atoms with Gasteiger partial charge in [-0.3, -0.25) is 5.10 Å². The van der Waals surface area contributed by atoms with Gasteiger partial charge in [-0.15, -0.1) is 0 Å². The van der Waals surface area contributed by atoms with E-state index >= 15 is 0 Å². The first-order valence-electron chi connectivity index (χ1n) is 7.53. The Labute approximate surface area is 148 Å². The van der Waals surface area contributed by atoms with Crippen molar-refractivity contribution >= 4 is 11.6 Å². The second kappa shape index (κ2) is 6.41. The Bertz CT molecular complexity index is 1010. The Balaban J connectivity index is 1.63. The molecule has 2 aromatic heterocycles. The van der Waals surface area contributed by atoms with E-state index < -0.39 is 0 Å². The van der Waals surface area contributed by atoms with Crippen molar-refractivity contribution in [2.24, 2.45) is 0 Å². The molecule has 7 heteroatoms. The SMILES string of the molecule is COc1cccc(-c2cc(-c3nc(-c4ccc(Cl)cc4)no3)[nH]n2)c1. The van der Waals surface area contributed by atoms with Crippen molar-refractivity contribution in [3.05, 3.63) is 59.6 Å². The van der Waals surface area contributed by atoms with Gasteiger partial charge >= 0.3 is 0 Å². The van der Waals surface area contributed by atoms with Gasteiger partial charge in [0.15, 0.2) is 0 Å². The Hall–Kier alpha value is -3.12. The summed E-state index contributed by atoms with van der Waals surface area (Å²) < 4.78 is 10.6. The average Bonchev–Trinajstić information content (AvgIpc) is 3.32. The number of aromatic nitrogens is 4. The van der Waals surface area contributed by atoms with Crippen LogP contribution in [0.3, 0.4) is 0 Å². The maximum absolute atomic E-state index is 5.90. The van der Waals surface area contributed by atoms with Crippen LogP contribution in [-0.2, 0) is 0 Å². The lowest BCUT2D eigenvalue weighted by molar-refractivity contribution is 0.415. The molecular weight excluding hydrogens is 340 g/mol. The molecule has 0 unspecified atom stereocenters. The highest BCUT2D eigenvalue weighted by Crippen LogP contribution is 2.27. The maximum atomic E-state index is 5.90. The van der Waals surface area contributed by atoms with Crippen molar-refractivity contribution in [3.63, 3.8) is 0 Å². The topological polar surface area (TPSA) is 76.8 Å². The number of hydrogen-bond acceptors (Lipinski definition) is 5. The van der Waals surface area contributed by atoms with Crippen LogP contribution in [0.2, 0.25) is 5.02 Å². The summed E-state index contributed by atoms with van der Waals surface area (Å²) in [5, 5.41) is 11.9. The van der Waals surface area contributed by atoms with Gasteiger partial charge in [0.1, 0.15) is 11.4 Å². The average molecular weight is 353 g/mol. The van der Waals surface area contributed by atoms with Crippen LogP contribution in [-0.4, -0.2) is 27.4 Å². The van der Waals surface area contributed by atoms with E-state index in [0.29, 0.717) is 22.4 Å². The first kappa shape index (κ1) is 15.4. The quantitative estimate of drug-likeness (QED) is 0.587. The van der Waals surface area contributed by atoms with Crippen molar-refractivity contribution in [2.45, 2.75) is 0 Å². The van der Waals surface area contributed by atoms with Crippen molar-refractivity contribution in [2.75, 3.05) is 7.11 Å². The molecule has 0 aliphatic rings. The number of H-pyrrole nitrogens is 1. The zero-order valence-corrected chi connectivity index (χ0v) is 14.0. The molecule has 2 aromatic carbocycles. The second-order valence-electron chi connectivity index (χ2n) is 5.33. The fourth-order valence-corrected chi connectivity index (χ4v) is 2.54. The summed E-state index contributed by atoms with van der Waals surface area (Å²) >= 11 is 5.90. The monoisotopic (exact) mass is 352 g/mol. The number of aromatic amines is 1. The molecule has 0 aliphatic heterocycles. The van der Waals surface area contributed by atoms with Crippen molar-refractivity contribution in [3.8, 4) is 40.0 Å². The molecule has 0 saturated heterocycles. The molecule has 6 nitrogen and oxygen atoms in total. The molecule has 0 spiro atoms. The number of nitrogens with one attached hydrogen (secondary N) is 1. The normalized spacial score (nSPS) is 10.8. The predicted octanol–water partition coefficient (Wildman–Crippen LogP) is 4.46. The lowest BCUT2D eigenvalue weighted by atomic mass is 10.1. The summed E-state index contributed by atoms with van der Waals surface area (Å²) in [5.74, 6) is 1.63. The molecule has 1 N–H and O–H groups in total. The molecule has 0 bridgehead atoms. The van der Waals surface area contributed by atoms with Gasteiger partial charge in [0.2, 0.25) is 5.82 Å². The summed E-state index contributed by atoms with van der Waals surface area (Å²) in [6.07, 6.45) is 0. The number of hydrogen-bond donors (Lipinski definition) is 1. The predicted molar refractivity (Wildman–Crippen MR) is 94.3 cm³/mol. The van der Waals surface area contributed by atoms with Crippen LogP contribution in [0.15, 0.2) is 59.1 Å². The van der Waals surface area contributed by atoms with E-state index in [1.54, 1.807) is 19.2 Å². The van der Waals surface area contributed by atoms with E-state index in [0.717, 1.165) is 22.6 Å². The van der Waals surface area contributed by atoms with Crippen molar-refractivity contribution in [1.82, 2.24) is 20.3 Å². The van der Waals surface area contributed by atoms with E-state index in [4.69, 9.17) is 20.9 Å². The number of nitrogens with zero attached hydrogens (tertiary/aromatic N) is 3. The Morgan fingerprint density at radius 3 is 2.68 bits per heavy atom. The Morgan fingerprint density at radius 2 is 1.88 bits per heavy atom. The number of benzene rings is 2. The highest BCUT2D eigenvalue weighted by molar-refractivity contribution is 6.30. The zero-order chi connectivity index (χ0) is 17.2. The van der Waals surface area contributed by atoms with Gasteiger partial charge in [0.25, 0.3) is 5.89 Å². The molecule has 4 aromatic rings. The molecule has 0 amide bonds. The smallest absolute Gasteiger partial charge is 0.276 e. The summed E-state index contributed by atoms with van der Waals surface area (Å²) in [6.45, 7) is 0. The van der Waals surface area contributed by atoms with Crippen LogP contribution in [0.4, 0.5) is 0 Å². The first-order valence-corrected chi connectivity index (χ1v) is 7.90. The van der Waals surface area contributed by atoms with Crippen molar-refractivity contribution < 1.29 is 9.26 Å². The molecular formula is C18H13ClN4O2. The van der Waals surface area contributed by atoms with Crippen LogP contribution in [0.1, 0.15) is 0 Å². The van der Waals surface area contributed by atoms with Crippen molar-refractivity contribution in [1.29, 1.82) is 0 Å². The lowest BCUT2D eigenvalue weighted by Crippen LogP contribution is -1.83. The fourth-order valence-electron chi connectivity index (χ4n) is 2.41. The minimum atomic E-state index is 0.367. The standard InChI is InChI=1S/C18H13ClN4O2/c1-24-14-4-2-3-12(9-14)15-10-16(22-21-15)18-20-17(23-25-18)11-5-7-13(19)8-6-11/h2-10H,1H3,(H,21,22). The second-order valence-corrected chi connectivity index (χ2v) is 5.77. The molecule has 2 heterocycles. The third-order valence-corrected chi connectivity index (χ3v) is 3.95. The summed E-state index contributed by atoms with van der Waals surface area (Å²) in [5.41, 5.74) is 3.16. The number of ether oxygens (including phenoxy) is 1. The number of rotatable bonds is 4. The van der Waals surface area contributed by atoms with E-state index in [9.17, 15) is 0 Å². The Morgan fingerprint density at radius 1 is 1.04 bits per heavy atom. The zero-order valence-electron chi connectivity index (χ0n) is 13.2. The van der Waals surface area contributed by atoms with E-state index in [1.807, 2.05) is 42.5 Å². The van der Waals surface area contributed by atoms with E-state index in [1.165, 1.54) is 0 Å². The molecule has 4 rings (SSSR count). The largest absolute Gasteiger partial charge is 0.497 e. The van der Waals surface area contributed by atoms with Crippen LogP contribution in [0.5, 0.6) is 5.75 Å². The maximum Gasteiger partial charge on any atom is 0.276 e. The van der Waals surface area contributed by atoms with Gasteiger partial charge in [-0.05, 0) is 42.5 Å². The van der Waals surface area contributed by atoms with E-state index in [-0.39, 0.29) is 0 Å². The van der Waals surface area contributed by atoms with Crippen LogP contribution < -0.4 is 4.74 Å². The van der Waals surface area contributed by atoms with Crippen LogP contribution >= 0.6 is 11.6 Å². The van der Waals surface area contributed by atoms with Gasteiger partial charge in [0, 0.05) is 16.1 Å². The van der Waals surface area contributed by atoms with Gasteiger partial charge in [-0.25, -0.2) is 0 Å². The molecule has 0 aliphatic carbocycles. The molecule has 25 heavy (non-hydrogen) atoms. The summed E-state index contributed by atoms with van der Waals surface area (Å²) in [4.78, 5) is 4.40. The molecule has 0 radical (unpaired) electrons.